The minimum absolute atomic E-state index is 0.302. The van der Waals surface area contributed by atoms with E-state index < -0.39 is 6.10 Å². The number of nitrogens with zero attached hydrogens (tertiary/aromatic N) is 2. The van der Waals surface area contributed by atoms with Gasteiger partial charge in [0.05, 0.1) is 22.1 Å². The van der Waals surface area contributed by atoms with Crippen molar-refractivity contribution in [1.29, 1.82) is 0 Å². The van der Waals surface area contributed by atoms with Crippen molar-refractivity contribution in [1.82, 2.24) is 14.5 Å². The number of rotatable bonds is 4. The smallest absolute Gasteiger partial charge is 0.258 e. The monoisotopic (exact) mass is 392 g/mol. The molecule has 7 heteroatoms. The van der Waals surface area contributed by atoms with Crippen LogP contribution in [0.5, 0.6) is 0 Å². The van der Waals surface area contributed by atoms with Crippen LogP contribution in [-0.4, -0.2) is 19.6 Å². The molecule has 1 unspecified atom stereocenters. The third-order valence-electron chi connectivity index (χ3n) is 5.27. The minimum Gasteiger partial charge on any atom is -0.383 e. The lowest BCUT2D eigenvalue weighted by Crippen LogP contribution is -2.15. The zero-order valence-electron chi connectivity index (χ0n) is 16.4. The Morgan fingerprint density at radius 3 is 2.76 bits per heavy atom. The molecule has 0 aliphatic rings. The van der Waals surface area contributed by atoms with Crippen LogP contribution in [0.3, 0.4) is 0 Å². The first kappa shape index (κ1) is 18.9. The average molecular weight is 392 g/mol. The summed E-state index contributed by atoms with van der Waals surface area (Å²) in [5.41, 5.74) is 3.71. The predicted octanol–water partition coefficient (Wildman–Crippen LogP) is 4.13. The molecule has 0 aliphatic heterocycles. The molecule has 0 saturated carbocycles. The molecule has 0 fully saturated rings. The molecule has 148 valence electrons. The first-order chi connectivity index (χ1) is 13.8. The summed E-state index contributed by atoms with van der Waals surface area (Å²) in [6, 6.07) is 8.16. The number of aliphatic hydroxyl groups excluding tert-OH is 1. The van der Waals surface area contributed by atoms with Gasteiger partial charge in [0.15, 0.2) is 0 Å². The summed E-state index contributed by atoms with van der Waals surface area (Å²) >= 11 is 0. The summed E-state index contributed by atoms with van der Waals surface area (Å²) in [6.07, 6.45) is 0.424. The molecule has 0 spiro atoms. The maximum absolute atomic E-state index is 13.4. The molecule has 4 rings (SSSR count). The molecular formula is C22H21FN4O2. The number of aromatic nitrogens is 3. The molecule has 0 radical (unpaired) electrons. The number of hydrogen-bond acceptors (Lipinski definition) is 4. The largest absolute Gasteiger partial charge is 0.383 e. The minimum atomic E-state index is -0.951. The molecular weight excluding hydrogens is 371 g/mol. The van der Waals surface area contributed by atoms with Gasteiger partial charge in [-0.1, -0.05) is 12.1 Å². The number of benzene rings is 2. The Balaban J connectivity index is 1.94. The Labute approximate surface area is 166 Å². The van der Waals surface area contributed by atoms with E-state index >= 15 is 0 Å². The van der Waals surface area contributed by atoms with E-state index in [1.165, 1.54) is 18.2 Å². The number of aliphatic hydroxyl groups is 1. The van der Waals surface area contributed by atoms with Crippen molar-refractivity contribution in [2.75, 3.05) is 5.32 Å². The Morgan fingerprint density at radius 2 is 2.07 bits per heavy atom. The average Bonchev–Trinajstić information content (AvgIpc) is 3.01. The SMILES string of the molecule is C=CC(O)c1[nH]c(=O)c2c(ccc3nc(Nc4ccc(F)cc4C)n(C)c32)c1C. The third kappa shape index (κ3) is 3.00. The number of aromatic amines is 1. The van der Waals surface area contributed by atoms with Crippen molar-refractivity contribution in [2.24, 2.45) is 7.05 Å². The summed E-state index contributed by atoms with van der Waals surface area (Å²) in [6.45, 7) is 7.25. The number of halogens is 1. The van der Waals surface area contributed by atoms with E-state index in [0.717, 1.165) is 22.2 Å². The lowest BCUT2D eigenvalue weighted by Gasteiger charge is -2.13. The number of anilines is 2. The molecule has 4 aromatic rings. The maximum Gasteiger partial charge on any atom is 0.258 e. The normalized spacial score (nSPS) is 12.4. The number of aryl methyl sites for hydroxylation is 3. The van der Waals surface area contributed by atoms with Gasteiger partial charge in [0.2, 0.25) is 5.95 Å². The number of H-pyrrole nitrogens is 1. The van der Waals surface area contributed by atoms with Crippen LogP contribution in [0.2, 0.25) is 0 Å². The summed E-state index contributed by atoms with van der Waals surface area (Å²) in [5.74, 6) is 0.234. The zero-order valence-corrected chi connectivity index (χ0v) is 16.4. The van der Waals surface area contributed by atoms with Crippen molar-refractivity contribution in [3.63, 3.8) is 0 Å². The standard InChI is InChI=1S/C22H21FN4O2/c1-5-17(28)19-12(3)14-7-9-16-20(18(14)21(29)26-19)27(4)22(25-16)24-15-8-6-13(23)10-11(15)2/h5-10,17,28H,1H2,2-4H3,(H,24,25)(H,26,29). The van der Waals surface area contributed by atoms with Gasteiger partial charge in [-0.25, -0.2) is 9.37 Å². The van der Waals surface area contributed by atoms with Crippen molar-refractivity contribution < 1.29 is 9.50 Å². The van der Waals surface area contributed by atoms with E-state index in [1.54, 1.807) is 10.6 Å². The summed E-state index contributed by atoms with van der Waals surface area (Å²) < 4.78 is 15.2. The first-order valence-electron chi connectivity index (χ1n) is 9.17. The van der Waals surface area contributed by atoms with Gasteiger partial charge in [0.25, 0.3) is 5.56 Å². The quantitative estimate of drug-likeness (QED) is 0.456. The highest BCUT2D eigenvalue weighted by Crippen LogP contribution is 2.30. The van der Waals surface area contributed by atoms with Gasteiger partial charge in [0.1, 0.15) is 11.9 Å². The predicted molar refractivity (Wildman–Crippen MR) is 113 cm³/mol. The van der Waals surface area contributed by atoms with E-state index in [2.05, 4.69) is 21.9 Å². The molecule has 1 atom stereocenters. The van der Waals surface area contributed by atoms with Crippen LogP contribution < -0.4 is 10.9 Å². The van der Waals surface area contributed by atoms with Crippen LogP contribution in [0.25, 0.3) is 21.8 Å². The fourth-order valence-electron chi connectivity index (χ4n) is 3.68. The first-order valence-corrected chi connectivity index (χ1v) is 9.17. The lowest BCUT2D eigenvalue weighted by molar-refractivity contribution is 0.223. The highest BCUT2D eigenvalue weighted by atomic mass is 19.1. The summed E-state index contributed by atoms with van der Waals surface area (Å²) in [7, 11) is 1.82. The second-order valence-electron chi connectivity index (χ2n) is 7.11. The highest BCUT2D eigenvalue weighted by molar-refractivity contribution is 6.06. The highest BCUT2D eigenvalue weighted by Gasteiger charge is 2.18. The van der Waals surface area contributed by atoms with Gasteiger partial charge in [-0.3, -0.25) is 4.79 Å². The van der Waals surface area contributed by atoms with E-state index in [-0.39, 0.29) is 11.4 Å². The molecule has 6 nitrogen and oxygen atoms in total. The molecule has 0 amide bonds. The fraction of sp³-hybridized carbons (Fsp3) is 0.182. The van der Waals surface area contributed by atoms with Gasteiger partial charge in [-0.05, 0) is 54.6 Å². The summed E-state index contributed by atoms with van der Waals surface area (Å²) in [5, 5.41) is 14.6. The van der Waals surface area contributed by atoms with Crippen LogP contribution >= 0.6 is 0 Å². The molecule has 0 saturated heterocycles. The topological polar surface area (TPSA) is 82.9 Å². The molecule has 0 bridgehead atoms. The van der Waals surface area contributed by atoms with Crippen molar-refractivity contribution in [2.45, 2.75) is 20.0 Å². The van der Waals surface area contributed by atoms with Gasteiger partial charge < -0.3 is 20.0 Å². The van der Waals surface area contributed by atoms with E-state index in [0.29, 0.717) is 28.1 Å². The summed E-state index contributed by atoms with van der Waals surface area (Å²) in [4.78, 5) is 20.3. The molecule has 29 heavy (non-hydrogen) atoms. The van der Waals surface area contributed by atoms with Gasteiger partial charge in [-0.15, -0.1) is 6.58 Å². The second-order valence-corrected chi connectivity index (χ2v) is 7.11. The maximum atomic E-state index is 13.4. The van der Waals surface area contributed by atoms with Crippen molar-refractivity contribution in [3.8, 4) is 0 Å². The number of pyridine rings is 1. The number of nitrogens with one attached hydrogen (secondary N) is 2. The fourth-order valence-corrected chi connectivity index (χ4v) is 3.68. The van der Waals surface area contributed by atoms with E-state index in [1.807, 2.05) is 33.0 Å². The second kappa shape index (κ2) is 6.86. The van der Waals surface area contributed by atoms with Crippen LogP contribution in [0.4, 0.5) is 16.0 Å². The zero-order chi connectivity index (χ0) is 20.9. The van der Waals surface area contributed by atoms with E-state index in [4.69, 9.17) is 0 Å². The Hall–Kier alpha value is -3.45. The molecule has 2 aromatic carbocycles. The third-order valence-corrected chi connectivity index (χ3v) is 5.27. The Morgan fingerprint density at radius 1 is 1.31 bits per heavy atom. The van der Waals surface area contributed by atoms with Crippen LogP contribution in [0.15, 0.2) is 47.8 Å². The molecule has 0 aliphatic carbocycles. The van der Waals surface area contributed by atoms with Gasteiger partial charge >= 0.3 is 0 Å². The Kier molecular flexibility index (Phi) is 4.47. The van der Waals surface area contributed by atoms with Crippen LogP contribution in [0, 0.1) is 19.7 Å². The van der Waals surface area contributed by atoms with Crippen molar-refractivity contribution >= 4 is 33.4 Å². The van der Waals surface area contributed by atoms with Crippen molar-refractivity contribution in [3.05, 3.63) is 76.0 Å². The molecule has 3 N–H and O–H groups in total. The lowest BCUT2D eigenvalue weighted by atomic mass is 10.0. The van der Waals surface area contributed by atoms with Gasteiger partial charge in [-0.2, -0.15) is 0 Å². The number of fused-ring (bicyclic) bond motifs is 3. The number of hydrogen-bond donors (Lipinski definition) is 3. The molecule has 2 aromatic heterocycles. The van der Waals surface area contributed by atoms with Crippen LogP contribution in [0.1, 0.15) is 22.9 Å². The van der Waals surface area contributed by atoms with Crippen LogP contribution in [-0.2, 0) is 7.05 Å². The molecule has 2 heterocycles. The number of imidazole rings is 1. The van der Waals surface area contributed by atoms with E-state index in [9.17, 15) is 14.3 Å². The Bertz CT molecular complexity index is 1340. The van der Waals surface area contributed by atoms with Gasteiger partial charge in [0, 0.05) is 12.7 Å².